The summed E-state index contributed by atoms with van der Waals surface area (Å²) < 4.78 is 58.5. The molecule has 1 aliphatic heterocycles. The van der Waals surface area contributed by atoms with E-state index in [0.717, 1.165) is 12.1 Å². The van der Waals surface area contributed by atoms with Crippen molar-refractivity contribution < 1.29 is 27.5 Å². The molecule has 42 heavy (non-hydrogen) atoms. The molecule has 0 saturated carbocycles. The van der Waals surface area contributed by atoms with Crippen molar-refractivity contribution in [3.63, 3.8) is 0 Å². The van der Waals surface area contributed by atoms with Gasteiger partial charge >= 0.3 is 0 Å². The second-order valence-electron chi connectivity index (χ2n) is 10.0. The van der Waals surface area contributed by atoms with E-state index in [1.165, 1.54) is 53.8 Å². The Morgan fingerprint density at radius 3 is 2.40 bits per heavy atom. The molecule has 1 atom stereocenters. The SMILES string of the molecule is O=C(/C=C/c1ccccc1F)Nc1ccc(N2CCN(CC(O)(Cn3cncn3)c3ccc(F)cc3F)CC2)c(F)c1. The van der Waals surface area contributed by atoms with Gasteiger partial charge in [0.05, 0.1) is 12.2 Å². The molecule has 8 nitrogen and oxygen atoms in total. The number of carbonyl (C=O) groups excluding carboxylic acids is 1. The molecule has 1 unspecified atom stereocenters. The zero-order valence-electron chi connectivity index (χ0n) is 22.4. The van der Waals surface area contributed by atoms with Gasteiger partial charge in [-0.3, -0.25) is 9.69 Å². The number of β-amino-alcohol motifs (C(OH)–C–C–N with tert-alkyl or cyclic N) is 1. The fraction of sp³-hybridized carbons (Fsp3) is 0.233. The van der Waals surface area contributed by atoms with Crippen LogP contribution < -0.4 is 10.2 Å². The van der Waals surface area contributed by atoms with Gasteiger partial charge in [0.25, 0.3) is 0 Å². The van der Waals surface area contributed by atoms with Crippen molar-refractivity contribution in [3.05, 3.63) is 114 Å². The first kappa shape index (κ1) is 29.0. The topological polar surface area (TPSA) is 86.5 Å². The highest BCUT2D eigenvalue weighted by Gasteiger charge is 2.36. The third kappa shape index (κ3) is 6.84. The van der Waals surface area contributed by atoms with Crippen LogP contribution >= 0.6 is 0 Å². The normalized spacial score (nSPS) is 15.6. The van der Waals surface area contributed by atoms with Crippen LogP contribution in [0.15, 0.2) is 79.4 Å². The zero-order chi connectivity index (χ0) is 29.7. The minimum Gasteiger partial charge on any atom is -0.382 e. The first-order valence-corrected chi connectivity index (χ1v) is 13.2. The van der Waals surface area contributed by atoms with Gasteiger partial charge in [0.15, 0.2) is 0 Å². The molecule has 0 aliphatic carbocycles. The van der Waals surface area contributed by atoms with E-state index in [9.17, 15) is 23.1 Å². The predicted octanol–water partition coefficient (Wildman–Crippen LogP) is 4.20. The van der Waals surface area contributed by atoms with E-state index in [1.54, 1.807) is 24.3 Å². The monoisotopic (exact) mass is 580 g/mol. The van der Waals surface area contributed by atoms with Gasteiger partial charge in [0.1, 0.15) is 41.5 Å². The largest absolute Gasteiger partial charge is 0.382 e. The van der Waals surface area contributed by atoms with E-state index < -0.39 is 34.8 Å². The van der Waals surface area contributed by atoms with E-state index in [4.69, 9.17) is 0 Å². The highest BCUT2D eigenvalue weighted by Crippen LogP contribution is 2.29. The van der Waals surface area contributed by atoms with Gasteiger partial charge in [-0.25, -0.2) is 27.2 Å². The number of anilines is 2. The highest BCUT2D eigenvalue weighted by atomic mass is 19.1. The number of nitrogens with zero attached hydrogens (tertiary/aromatic N) is 5. The maximum Gasteiger partial charge on any atom is 0.248 e. The van der Waals surface area contributed by atoms with E-state index >= 15 is 4.39 Å². The summed E-state index contributed by atoms with van der Waals surface area (Å²) in [5.41, 5.74) is -0.948. The molecular formula is C30H28F4N6O2. The average Bonchev–Trinajstić information content (AvgIpc) is 3.46. The van der Waals surface area contributed by atoms with Crippen molar-refractivity contribution in [1.29, 1.82) is 0 Å². The smallest absolute Gasteiger partial charge is 0.248 e. The molecule has 218 valence electrons. The van der Waals surface area contributed by atoms with Crippen LogP contribution in [0.2, 0.25) is 0 Å². The summed E-state index contributed by atoms with van der Waals surface area (Å²) in [5.74, 6) is -3.14. The Morgan fingerprint density at radius 2 is 1.71 bits per heavy atom. The molecule has 4 aromatic rings. The number of halogens is 4. The molecule has 1 fully saturated rings. The summed E-state index contributed by atoms with van der Waals surface area (Å²) in [4.78, 5) is 19.9. The second-order valence-corrected chi connectivity index (χ2v) is 10.0. The van der Waals surface area contributed by atoms with Crippen LogP contribution in [-0.2, 0) is 16.9 Å². The summed E-state index contributed by atoms with van der Waals surface area (Å²) in [6.07, 6.45) is 5.21. The van der Waals surface area contributed by atoms with E-state index in [0.29, 0.717) is 31.9 Å². The lowest BCUT2D eigenvalue weighted by Crippen LogP contribution is -2.52. The van der Waals surface area contributed by atoms with Crippen LogP contribution in [0.25, 0.3) is 6.08 Å². The van der Waals surface area contributed by atoms with Gasteiger partial charge in [-0.1, -0.05) is 24.3 Å². The van der Waals surface area contributed by atoms with E-state index in [1.807, 2.05) is 9.80 Å². The summed E-state index contributed by atoms with van der Waals surface area (Å²) in [6, 6.07) is 13.4. The van der Waals surface area contributed by atoms with Crippen molar-refractivity contribution >= 4 is 23.4 Å². The first-order chi connectivity index (χ1) is 20.2. The molecule has 12 heteroatoms. The maximum atomic E-state index is 15.1. The molecule has 0 radical (unpaired) electrons. The van der Waals surface area contributed by atoms with Crippen LogP contribution in [0, 0.1) is 23.3 Å². The molecule has 2 heterocycles. The lowest BCUT2D eigenvalue weighted by Gasteiger charge is -2.40. The zero-order valence-corrected chi connectivity index (χ0v) is 22.4. The van der Waals surface area contributed by atoms with E-state index in [2.05, 4.69) is 15.4 Å². The molecule has 1 aromatic heterocycles. The number of amides is 1. The number of rotatable bonds is 9. The molecular weight excluding hydrogens is 552 g/mol. The number of hydrogen-bond donors (Lipinski definition) is 2. The van der Waals surface area contributed by atoms with Crippen molar-refractivity contribution in [1.82, 2.24) is 19.7 Å². The van der Waals surface area contributed by atoms with Crippen LogP contribution in [-0.4, -0.2) is 63.4 Å². The third-order valence-electron chi connectivity index (χ3n) is 7.06. The molecule has 0 spiro atoms. The van der Waals surface area contributed by atoms with Crippen molar-refractivity contribution in [2.24, 2.45) is 0 Å². The van der Waals surface area contributed by atoms with Crippen LogP contribution in [0.5, 0.6) is 0 Å². The lowest BCUT2D eigenvalue weighted by molar-refractivity contribution is -0.111. The standard InChI is InChI=1S/C30H28F4N6O2/c31-22-6-8-24(26(33)15-22)30(42,18-40-20-35-19-36-40)17-38-11-13-39(14-12-38)28-9-7-23(16-27(28)34)37-29(41)10-5-21-3-1-2-4-25(21)32/h1-10,15-16,19-20,42H,11-14,17-18H2,(H,37,41)/b10-5+. The van der Waals surface area contributed by atoms with Gasteiger partial charge in [-0.2, -0.15) is 5.10 Å². The van der Waals surface area contributed by atoms with Gasteiger partial charge < -0.3 is 15.3 Å². The van der Waals surface area contributed by atoms with Crippen molar-refractivity contribution in [2.45, 2.75) is 12.1 Å². The fourth-order valence-corrected chi connectivity index (χ4v) is 4.99. The molecule has 3 aromatic carbocycles. The van der Waals surface area contributed by atoms with Gasteiger partial charge in [-0.15, -0.1) is 0 Å². The number of aromatic nitrogens is 3. The quantitative estimate of drug-likeness (QED) is 0.228. The van der Waals surface area contributed by atoms with Crippen LogP contribution in [0.1, 0.15) is 11.1 Å². The first-order valence-electron chi connectivity index (χ1n) is 13.2. The third-order valence-corrected chi connectivity index (χ3v) is 7.06. The molecule has 0 bridgehead atoms. The van der Waals surface area contributed by atoms with Crippen LogP contribution in [0.4, 0.5) is 28.9 Å². The summed E-state index contributed by atoms with van der Waals surface area (Å²) in [7, 11) is 0. The number of hydrogen-bond acceptors (Lipinski definition) is 6. The van der Waals surface area contributed by atoms with Crippen LogP contribution in [0.3, 0.4) is 0 Å². The summed E-state index contributed by atoms with van der Waals surface area (Å²) in [6.45, 7) is 1.62. The van der Waals surface area contributed by atoms with Crippen molar-refractivity contribution in [2.75, 3.05) is 42.9 Å². The molecule has 1 amide bonds. The minimum absolute atomic E-state index is 0.0249. The number of aliphatic hydroxyl groups is 1. The Hall–Kier alpha value is -4.55. The number of piperazine rings is 1. The Labute approximate surface area is 239 Å². The average molecular weight is 581 g/mol. The van der Waals surface area contributed by atoms with Gasteiger partial charge in [0, 0.05) is 61.7 Å². The number of benzene rings is 3. The van der Waals surface area contributed by atoms with E-state index in [-0.39, 0.29) is 29.9 Å². The highest BCUT2D eigenvalue weighted by molar-refractivity contribution is 6.02. The lowest BCUT2D eigenvalue weighted by atomic mass is 9.92. The predicted molar refractivity (Wildman–Crippen MR) is 149 cm³/mol. The minimum atomic E-state index is -1.74. The number of nitrogens with one attached hydrogen (secondary N) is 1. The fourth-order valence-electron chi connectivity index (χ4n) is 4.99. The summed E-state index contributed by atoms with van der Waals surface area (Å²) in [5, 5.41) is 18.2. The molecule has 1 saturated heterocycles. The van der Waals surface area contributed by atoms with Crippen molar-refractivity contribution in [3.8, 4) is 0 Å². The summed E-state index contributed by atoms with van der Waals surface area (Å²) >= 11 is 0. The number of carbonyl (C=O) groups is 1. The Kier molecular flexibility index (Phi) is 8.64. The maximum absolute atomic E-state index is 15.1. The van der Waals surface area contributed by atoms with Gasteiger partial charge in [-0.05, 0) is 36.4 Å². The Morgan fingerprint density at radius 1 is 0.929 bits per heavy atom. The molecule has 5 rings (SSSR count). The molecule has 1 aliphatic rings. The molecule has 2 N–H and O–H groups in total. The second kappa shape index (κ2) is 12.5. The Bertz CT molecular complexity index is 1570. The Balaban J connectivity index is 1.21. The van der Waals surface area contributed by atoms with Gasteiger partial charge in [0.2, 0.25) is 5.91 Å².